The molecule has 5 aromatic rings. The van der Waals surface area contributed by atoms with Crippen LogP contribution in [0, 0.1) is 0 Å². The summed E-state index contributed by atoms with van der Waals surface area (Å²) in [5.41, 5.74) is 5.86. The first-order valence-corrected chi connectivity index (χ1v) is 10.8. The van der Waals surface area contributed by atoms with Crippen LogP contribution in [0.15, 0.2) is 73.3 Å². The molecule has 0 aliphatic heterocycles. The largest absolute Gasteiger partial charge is 0.373 e. The van der Waals surface area contributed by atoms with Crippen LogP contribution >= 0.6 is 0 Å². The van der Waals surface area contributed by atoms with Gasteiger partial charge in [-0.1, -0.05) is 42.5 Å². The number of benzene rings is 2. The molecule has 0 amide bonds. The zero-order valence-electron chi connectivity index (χ0n) is 17.5. The number of aromatic amines is 1. The topological polar surface area (TPSA) is 55.7 Å². The Labute approximate surface area is 180 Å². The lowest BCUT2D eigenvalue weighted by Gasteiger charge is -2.35. The van der Waals surface area contributed by atoms with Gasteiger partial charge in [0, 0.05) is 42.0 Å². The fourth-order valence-electron chi connectivity index (χ4n) is 4.65. The van der Waals surface area contributed by atoms with Gasteiger partial charge in [-0.25, -0.2) is 4.98 Å². The number of hydrogen-bond donors (Lipinski definition) is 1. The van der Waals surface area contributed by atoms with Crippen LogP contribution in [0.3, 0.4) is 0 Å². The first-order valence-electron chi connectivity index (χ1n) is 10.8. The molecular formula is C26H24N4O. The molecule has 5 heteroatoms. The Bertz CT molecular complexity index is 1360. The molecule has 154 valence electrons. The molecule has 5 nitrogen and oxygen atoms in total. The van der Waals surface area contributed by atoms with Crippen LogP contribution in [0.2, 0.25) is 0 Å². The smallest absolute Gasteiger partial charge is 0.138 e. The lowest BCUT2D eigenvalue weighted by molar-refractivity contribution is -0.0204. The molecular weight excluding hydrogens is 384 g/mol. The normalized spacial score (nSPS) is 18.5. The maximum atomic E-state index is 6.14. The van der Waals surface area contributed by atoms with Crippen LogP contribution in [0.1, 0.15) is 29.9 Å². The molecule has 1 saturated carbocycles. The van der Waals surface area contributed by atoms with Crippen molar-refractivity contribution in [1.29, 1.82) is 0 Å². The Kier molecular flexibility index (Phi) is 4.35. The Morgan fingerprint density at radius 2 is 1.94 bits per heavy atom. The average molecular weight is 409 g/mol. The van der Waals surface area contributed by atoms with E-state index in [1.165, 1.54) is 27.5 Å². The van der Waals surface area contributed by atoms with Gasteiger partial charge in [0.15, 0.2) is 0 Å². The van der Waals surface area contributed by atoms with Crippen LogP contribution in [0.4, 0.5) is 0 Å². The highest BCUT2D eigenvalue weighted by atomic mass is 16.5. The van der Waals surface area contributed by atoms with E-state index in [1.54, 1.807) is 0 Å². The highest BCUT2D eigenvalue weighted by molar-refractivity contribution is 6.08. The van der Waals surface area contributed by atoms with Crippen molar-refractivity contribution >= 4 is 21.8 Å². The third kappa shape index (κ3) is 3.31. The van der Waals surface area contributed by atoms with Crippen molar-refractivity contribution in [2.45, 2.75) is 31.5 Å². The summed E-state index contributed by atoms with van der Waals surface area (Å²) in [4.78, 5) is 8.07. The molecule has 0 bridgehead atoms. The van der Waals surface area contributed by atoms with Gasteiger partial charge >= 0.3 is 0 Å². The predicted octanol–water partition coefficient (Wildman–Crippen LogP) is 5.58. The Balaban J connectivity index is 1.28. The Morgan fingerprint density at radius 1 is 1.06 bits per heavy atom. The minimum Gasteiger partial charge on any atom is -0.373 e. The van der Waals surface area contributed by atoms with E-state index >= 15 is 0 Å². The van der Waals surface area contributed by atoms with Crippen LogP contribution in [-0.4, -0.2) is 25.9 Å². The van der Waals surface area contributed by atoms with Gasteiger partial charge in [-0.05, 0) is 46.9 Å². The highest BCUT2D eigenvalue weighted by Crippen LogP contribution is 2.43. The van der Waals surface area contributed by atoms with Gasteiger partial charge in [-0.2, -0.15) is 5.10 Å². The second kappa shape index (κ2) is 7.36. The number of hydrogen-bond acceptors (Lipinski definition) is 3. The molecule has 0 atom stereocenters. The van der Waals surface area contributed by atoms with Gasteiger partial charge in [-0.3, -0.25) is 4.68 Å². The summed E-state index contributed by atoms with van der Waals surface area (Å²) in [5.74, 6) is 0.504. The monoisotopic (exact) mass is 408 g/mol. The van der Waals surface area contributed by atoms with Crippen LogP contribution in [0.5, 0.6) is 0 Å². The molecule has 6 rings (SSSR count). The van der Waals surface area contributed by atoms with Crippen molar-refractivity contribution in [3.8, 4) is 11.1 Å². The predicted molar refractivity (Wildman–Crippen MR) is 123 cm³/mol. The van der Waals surface area contributed by atoms with Gasteiger partial charge in [-0.15, -0.1) is 0 Å². The zero-order valence-corrected chi connectivity index (χ0v) is 17.5. The zero-order chi connectivity index (χ0) is 20.8. The highest BCUT2D eigenvalue weighted by Gasteiger charge is 2.33. The van der Waals surface area contributed by atoms with Crippen LogP contribution < -0.4 is 0 Å². The molecule has 0 spiro atoms. The van der Waals surface area contributed by atoms with E-state index in [0.29, 0.717) is 18.6 Å². The minimum absolute atomic E-state index is 0.323. The number of aryl methyl sites for hydroxylation is 1. The van der Waals surface area contributed by atoms with E-state index in [9.17, 15) is 0 Å². The summed E-state index contributed by atoms with van der Waals surface area (Å²) >= 11 is 0. The number of nitrogens with zero attached hydrogens (tertiary/aromatic N) is 3. The summed E-state index contributed by atoms with van der Waals surface area (Å²) in [7, 11) is 1.95. The van der Waals surface area contributed by atoms with Gasteiger partial charge in [0.2, 0.25) is 0 Å². The first-order chi connectivity index (χ1) is 15.2. The van der Waals surface area contributed by atoms with E-state index in [0.717, 1.165) is 29.4 Å². The van der Waals surface area contributed by atoms with Gasteiger partial charge in [0.25, 0.3) is 0 Å². The van der Waals surface area contributed by atoms with Crippen molar-refractivity contribution in [2.24, 2.45) is 7.05 Å². The summed E-state index contributed by atoms with van der Waals surface area (Å²) < 4.78 is 7.98. The van der Waals surface area contributed by atoms with E-state index in [-0.39, 0.29) is 0 Å². The number of pyridine rings is 1. The quantitative estimate of drug-likeness (QED) is 0.413. The molecule has 0 unspecified atom stereocenters. The molecule has 1 fully saturated rings. The number of aromatic nitrogens is 4. The molecule has 0 radical (unpaired) electrons. The summed E-state index contributed by atoms with van der Waals surface area (Å²) in [6, 6.07) is 17.0. The Morgan fingerprint density at radius 3 is 2.74 bits per heavy atom. The van der Waals surface area contributed by atoms with Crippen LogP contribution in [0.25, 0.3) is 32.9 Å². The maximum absolute atomic E-state index is 6.14. The number of H-pyrrole nitrogens is 1. The van der Waals surface area contributed by atoms with E-state index < -0.39 is 0 Å². The molecule has 3 heterocycles. The fraction of sp³-hybridized carbons (Fsp3) is 0.231. The number of rotatable bonds is 5. The molecule has 1 N–H and O–H groups in total. The van der Waals surface area contributed by atoms with E-state index in [1.807, 2.05) is 30.2 Å². The third-order valence-electron chi connectivity index (χ3n) is 6.45. The van der Waals surface area contributed by atoms with Crippen molar-refractivity contribution in [3.05, 3.63) is 84.4 Å². The maximum Gasteiger partial charge on any atom is 0.138 e. The minimum atomic E-state index is 0.323. The molecule has 3 aromatic heterocycles. The first kappa shape index (κ1) is 18.3. The van der Waals surface area contributed by atoms with Gasteiger partial charge < -0.3 is 9.72 Å². The Hall–Kier alpha value is -3.44. The summed E-state index contributed by atoms with van der Waals surface area (Å²) in [6.45, 7) is 0.686. The average Bonchev–Trinajstić information content (AvgIpc) is 3.40. The lowest BCUT2D eigenvalue weighted by atomic mass is 9.77. The molecule has 2 aromatic carbocycles. The van der Waals surface area contributed by atoms with Crippen molar-refractivity contribution < 1.29 is 4.74 Å². The standard InChI is InChI=1S/C26H24N4O/c1-30-15-21(13-29-30)18-7-8-19-12-27-26-25(23(19)11-18)24(14-28-26)20-9-22(10-20)31-16-17-5-3-2-4-6-17/h2-8,11-15,20,22H,9-10,16H2,1H3,(H,27,28). The molecule has 1 aliphatic carbocycles. The molecule has 0 saturated heterocycles. The number of fused-ring (bicyclic) bond motifs is 3. The number of nitrogens with one attached hydrogen (secondary N) is 1. The second-order valence-electron chi connectivity index (χ2n) is 8.52. The van der Waals surface area contributed by atoms with Crippen molar-refractivity contribution in [2.75, 3.05) is 0 Å². The molecule has 31 heavy (non-hydrogen) atoms. The van der Waals surface area contributed by atoms with Crippen LogP contribution in [-0.2, 0) is 18.4 Å². The molecule has 1 aliphatic rings. The van der Waals surface area contributed by atoms with E-state index in [2.05, 4.69) is 69.9 Å². The lowest BCUT2D eigenvalue weighted by Crippen LogP contribution is -2.29. The van der Waals surface area contributed by atoms with E-state index in [4.69, 9.17) is 4.74 Å². The number of ether oxygens (including phenoxy) is 1. The fourth-order valence-corrected chi connectivity index (χ4v) is 4.65. The SMILES string of the molecule is Cn1cc(-c2ccc3cnc4[nH]cc(C5CC(OCc6ccccc6)C5)c4c3c2)cn1. The second-order valence-corrected chi connectivity index (χ2v) is 8.52. The summed E-state index contributed by atoms with van der Waals surface area (Å²) in [5, 5.41) is 7.98. The van der Waals surface area contributed by atoms with Gasteiger partial charge in [0.05, 0.1) is 18.9 Å². The van der Waals surface area contributed by atoms with Crippen molar-refractivity contribution in [1.82, 2.24) is 19.7 Å². The third-order valence-corrected chi connectivity index (χ3v) is 6.45. The van der Waals surface area contributed by atoms with Gasteiger partial charge in [0.1, 0.15) is 5.65 Å². The summed E-state index contributed by atoms with van der Waals surface area (Å²) in [6.07, 6.45) is 10.5. The van der Waals surface area contributed by atoms with Crippen molar-refractivity contribution in [3.63, 3.8) is 0 Å².